The van der Waals surface area contributed by atoms with Gasteiger partial charge in [0.1, 0.15) is 0 Å². The highest BCUT2D eigenvalue weighted by Crippen LogP contribution is 2.34. The number of fused-ring (bicyclic) bond motifs is 1. The zero-order chi connectivity index (χ0) is 16.7. The SMILES string of the molecule is O[C@@H]1C[C@H](c2ccc(F)c(F)c2)N(Cc2cnc3cnccn23)C1. The minimum Gasteiger partial charge on any atom is -0.392 e. The number of rotatable bonds is 3. The maximum Gasteiger partial charge on any atom is 0.159 e. The van der Waals surface area contributed by atoms with Gasteiger partial charge >= 0.3 is 0 Å². The van der Waals surface area contributed by atoms with Gasteiger partial charge in [0.15, 0.2) is 17.3 Å². The quantitative estimate of drug-likeness (QED) is 0.801. The molecule has 1 fully saturated rings. The van der Waals surface area contributed by atoms with E-state index >= 15 is 0 Å². The van der Waals surface area contributed by atoms with Gasteiger partial charge in [-0.15, -0.1) is 0 Å². The second kappa shape index (κ2) is 5.92. The molecule has 0 radical (unpaired) electrons. The van der Waals surface area contributed by atoms with E-state index in [2.05, 4.69) is 14.9 Å². The van der Waals surface area contributed by atoms with Crippen LogP contribution in [0, 0.1) is 11.6 Å². The minimum atomic E-state index is -0.866. The predicted molar refractivity (Wildman–Crippen MR) is 83.1 cm³/mol. The maximum absolute atomic E-state index is 13.6. The van der Waals surface area contributed by atoms with Crippen LogP contribution in [0.1, 0.15) is 23.7 Å². The Morgan fingerprint density at radius 2 is 2.08 bits per heavy atom. The molecule has 0 aliphatic carbocycles. The first-order valence-corrected chi connectivity index (χ1v) is 7.75. The number of nitrogens with zero attached hydrogens (tertiary/aromatic N) is 4. The van der Waals surface area contributed by atoms with Gasteiger partial charge in [0.2, 0.25) is 0 Å². The van der Waals surface area contributed by atoms with Crippen LogP contribution in [0.4, 0.5) is 8.78 Å². The zero-order valence-corrected chi connectivity index (χ0v) is 12.8. The molecular formula is C17H16F2N4O. The monoisotopic (exact) mass is 330 g/mol. The van der Waals surface area contributed by atoms with E-state index in [-0.39, 0.29) is 6.04 Å². The number of aliphatic hydroxyl groups is 1. The van der Waals surface area contributed by atoms with Crippen LogP contribution in [0.2, 0.25) is 0 Å². The molecule has 2 aromatic heterocycles. The third-order valence-electron chi connectivity index (χ3n) is 4.47. The van der Waals surface area contributed by atoms with Crippen LogP contribution in [0.5, 0.6) is 0 Å². The Morgan fingerprint density at radius 1 is 1.21 bits per heavy atom. The fourth-order valence-corrected chi connectivity index (χ4v) is 3.34. The summed E-state index contributed by atoms with van der Waals surface area (Å²) in [6.07, 6.45) is 6.95. The molecule has 1 aliphatic rings. The standard InChI is InChI=1S/C17H16F2N4O/c18-14-2-1-11(5-15(14)19)16-6-13(24)10-22(16)9-12-7-21-17-8-20-3-4-23(12)17/h1-5,7-8,13,16,24H,6,9-10H2/t13-,16-/m1/s1. The van der Waals surface area contributed by atoms with Crippen LogP contribution in [0.25, 0.3) is 5.65 Å². The molecule has 0 unspecified atom stereocenters. The number of β-amino-alcohol motifs (C(OH)–C–C–N with tert-alkyl or cyclic N) is 1. The van der Waals surface area contributed by atoms with Gasteiger partial charge in [-0.3, -0.25) is 14.3 Å². The van der Waals surface area contributed by atoms with Crippen LogP contribution in [0.3, 0.4) is 0 Å². The summed E-state index contributed by atoms with van der Waals surface area (Å²) in [5.74, 6) is -1.73. The van der Waals surface area contributed by atoms with E-state index in [1.807, 2.05) is 10.6 Å². The molecule has 24 heavy (non-hydrogen) atoms. The summed E-state index contributed by atoms with van der Waals surface area (Å²) in [5.41, 5.74) is 2.37. The largest absolute Gasteiger partial charge is 0.392 e. The Hall–Kier alpha value is -2.38. The third kappa shape index (κ3) is 2.65. The first-order chi connectivity index (χ1) is 11.6. The van der Waals surface area contributed by atoms with Crippen molar-refractivity contribution in [1.29, 1.82) is 0 Å². The lowest BCUT2D eigenvalue weighted by atomic mass is 10.0. The van der Waals surface area contributed by atoms with Crippen molar-refractivity contribution in [1.82, 2.24) is 19.3 Å². The molecule has 7 heteroatoms. The summed E-state index contributed by atoms with van der Waals surface area (Å²) < 4.78 is 28.7. The van der Waals surface area contributed by atoms with Crippen molar-refractivity contribution in [3.8, 4) is 0 Å². The summed E-state index contributed by atoms with van der Waals surface area (Å²) >= 11 is 0. The van der Waals surface area contributed by atoms with Gasteiger partial charge in [0, 0.05) is 31.5 Å². The second-order valence-corrected chi connectivity index (χ2v) is 6.06. The van der Waals surface area contributed by atoms with Gasteiger partial charge in [-0.05, 0) is 24.1 Å². The molecule has 1 N–H and O–H groups in total. The van der Waals surface area contributed by atoms with Gasteiger partial charge in [-0.25, -0.2) is 13.8 Å². The molecule has 3 heterocycles. The summed E-state index contributed by atoms with van der Waals surface area (Å²) in [4.78, 5) is 10.4. The van der Waals surface area contributed by atoms with Crippen LogP contribution < -0.4 is 0 Å². The molecule has 124 valence electrons. The molecule has 0 spiro atoms. The van der Waals surface area contributed by atoms with Gasteiger partial charge < -0.3 is 5.11 Å². The topological polar surface area (TPSA) is 53.7 Å². The number of likely N-dealkylation sites (tertiary alicyclic amines) is 1. The Labute approximate surface area is 137 Å². The molecule has 4 rings (SSSR count). The molecule has 0 amide bonds. The number of aliphatic hydroxyl groups excluding tert-OH is 1. The lowest BCUT2D eigenvalue weighted by molar-refractivity contribution is 0.172. The molecule has 2 atom stereocenters. The molecule has 5 nitrogen and oxygen atoms in total. The van der Waals surface area contributed by atoms with E-state index in [0.29, 0.717) is 25.1 Å². The molecule has 3 aromatic rings. The van der Waals surface area contributed by atoms with Crippen molar-refractivity contribution < 1.29 is 13.9 Å². The Kier molecular flexibility index (Phi) is 3.74. The Balaban J connectivity index is 1.64. The van der Waals surface area contributed by atoms with Crippen LogP contribution in [-0.2, 0) is 6.54 Å². The average Bonchev–Trinajstić information content (AvgIpc) is 3.14. The fourth-order valence-electron chi connectivity index (χ4n) is 3.34. The van der Waals surface area contributed by atoms with Crippen LogP contribution in [-0.4, -0.2) is 37.0 Å². The molecule has 0 saturated carbocycles. The fraction of sp³-hybridized carbons (Fsp3) is 0.294. The zero-order valence-electron chi connectivity index (χ0n) is 12.8. The molecule has 1 aromatic carbocycles. The molecule has 1 saturated heterocycles. The Bertz CT molecular complexity index is 882. The van der Waals surface area contributed by atoms with E-state index in [0.717, 1.165) is 17.4 Å². The van der Waals surface area contributed by atoms with Crippen LogP contribution in [0.15, 0.2) is 43.0 Å². The average molecular weight is 330 g/mol. The van der Waals surface area contributed by atoms with E-state index in [4.69, 9.17) is 0 Å². The summed E-state index contributed by atoms with van der Waals surface area (Å²) in [7, 11) is 0. The number of benzene rings is 1. The predicted octanol–water partition coefficient (Wildman–Crippen LogP) is 2.32. The van der Waals surface area contributed by atoms with E-state index in [9.17, 15) is 13.9 Å². The van der Waals surface area contributed by atoms with Crippen molar-refractivity contribution in [2.24, 2.45) is 0 Å². The van der Waals surface area contributed by atoms with E-state index in [1.54, 1.807) is 24.7 Å². The Morgan fingerprint density at radius 3 is 2.92 bits per heavy atom. The van der Waals surface area contributed by atoms with Crippen molar-refractivity contribution in [2.75, 3.05) is 6.54 Å². The number of hydrogen-bond donors (Lipinski definition) is 1. The van der Waals surface area contributed by atoms with Crippen molar-refractivity contribution in [3.05, 3.63) is 65.9 Å². The summed E-state index contributed by atoms with van der Waals surface area (Å²) in [5, 5.41) is 10.1. The molecular weight excluding hydrogens is 314 g/mol. The van der Waals surface area contributed by atoms with Crippen LogP contribution >= 0.6 is 0 Å². The van der Waals surface area contributed by atoms with Gasteiger partial charge in [-0.2, -0.15) is 0 Å². The van der Waals surface area contributed by atoms with Gasteiger partial charge in [0.25, 0.3) is 0 Å². The number of imidazole rings is 1. The van der Waals surface area contributed by atoms with E-state index in [1.165, 1.54) is 6.07 Å². The second-order valence-electron chi connectivity index (χ2n) is 6.06. The van der Waals surface area contributed by atoms with Crippen molar-refractivity contribution in [2.45, 2.75) is 25.1 Å². The lowest BCUT2D eigenvalue weighted by Gasteiger charge is -2.24. The molecule has 0 bridgehead atoms. The first-order valence-electron chi connectivity index (χ1n) is 7.75. The van der Waals surface area contributed by atoms with Crippen molar-refractivity contribution in [3.63, 3.8) is 0 Å². The van der Waals surface area contributed by atoms with E-state index < -0.39 is 17.7 Å². The smallest absolute Gasteiger partial charge is 0.159 e. The number of halogens is 2. The van der Waals surface area contributed by atoms with Gasteiger partial charge in [-0.1, -0.05) is 6.07 Å². The first kappa shape index (κ1) is 15.2. The summed E-state index contributed by atoms with van der Waals surface area (Å²) in [6.45, 7) is 1.02. The highest BCUT2D eigenvalue weighted by Gasteiger charge is 2.33. The van der Waals surface area contributed by atoms with Crippen molar-refractivity contribution >= 4 is 5.65 Å². The minimum absolute atomic E-state index is 0.164. The number of hydrogen-bond acceptors (Lipinski definition) is 4. The summed E-state index contributed by atoms with van der Waals surface area (Å²) in [6, 6.07) is 3.76. The van der Waals surface area contributed by atoms with Gasteiger partial charge in [0.05, 0.1) is 24.2 Å². The third-order valence-corrected chi connectivity index (χ3v) is 4.47. The normalized spacial score (nSPS) is 21.6. The lowest BCUT2D eigenvalue weighted by Crippen LogP contribution is -2.25. The maximum atomic E-state index is 13.6. The molecule has 1 aliphatic heterocycles. The highest BCUT2D eigenvalue weighted by atomic mass is 19.2. The highest BCUT2D eigenvalue weighted by molar-refractivity contribution is 5.37. The number of aromatic nitrogens is 3.